The van der Waals surface area contributed by atoms with Gasteiger partial charge in [-0.05, 0) is 19.3 Å². The molecule has 1 fully saturated rings. The van der Waals surface area contributed by atoms with Crippen LogP contribution in [0.2, 0.25) is 0 Å². The maximum atomic E-state index is 11.3. The topological polar surface area (TPSA) is 26.3 Å². The van der Waals surface area contributed by atoms with Gasteiger partial charge in [0, 0.05) is 12.8 Å². The van der Waals surface area contributed by atoms with E-state index in [2.05, 4.69) is 6.58 Å². The van der Waals surface area contributed by atoms with Crippen LogP contribution in [0.25, 0.3) is 0 Å². The smallest absolute Gasteiger partial charge is 0.306 e. The fourth-order valence-corrected chi connectivity index (χ4v) is 1.83. The van der Waals surface area contributed by atoms with Crippen LogP contribution in [0.15, 0.2) is 12.7 Å². The number of hydrogen-bond acceptors (Lipinski definition) is 2. The largest absolute Gasteiger partial charge is 0.462 e. The van der Waals surface area contributed by atoms with Crippen LogP contribution in [-0.2, 0) is 9.53 Å². The quantitative estimate of drug-likeness (QED) is 0.500. The van der Waals surface area contributed by atoms with Gasteiger partial charge in [0.1, 0.15) is 6.10 Å². The molecule has 1 saturated heterocycles. The molecule has 0 N–H and O–H groups in total. The Morgan fingerprint density at radius 3 is 2.79 bits per heavy atom. The van der Waals surface area contributed by atoms with Crippen molar-refractivity contribution in [3.05, 3.63) is 12.7 Å². The minimum Gasteiger partial charge on any atom is -0.462 e. The number of hydrogen-bond donors (Lipinski definition) is 0. The summed E-state index contributed by atoms with van der Waals surface area (Å²) in [5, 5.41) is 0. The summed E-state index contributed by atoms with van der Waals surface area (Å²) in [6.45, 7) is 3.68. The molecule has 1 rings (SSSR count). The zero-order chi connectivity index (χ0) is 10.2. The molecule has 1 aliphatic heterocycles. The molecular weight excluding hydrogens is 176 g/mol. The number of carbonyl (C=O) groups is 1. The Kier molecular flexibility index (Phi) is 5.35. The molecule has 80 valence electrons. The van der Waals surface area contributed by atoms with Crippen molar-refractivity contribution >= 4 is 5.97 Å². The van der Waals surface area contributed by atoms with Crippen molar-refractivity contribution in [1.82, 2.24) is 0 Å². The first-order valence-corrected chi connectivity index (χ1v) is 5.63. The van der Waals surface area contributed by atoms with Gasteiger partial charge in [0.15, 0.2) is 0 Å². The minimum atomic E-state index is -0.0289. The van der Waals surface area contributed by atoms with E-state index in [-0.39, 0.29) is 12.1 Å². The van der Waals surface area contributed by atoms with Crippen LogP contribution in [0.4, 0.5) is 0 Å². The predicted octanol–water partition coefficient (Wildman–Crippen LogP) is 3.22. The summed E-state index contributed by atoms with van der Waals surface area (Å²) in [5.41, 5.74) is 0. The maximum Gasteiger partial charge on any atom is 0.306 e. The Morgan fingerprint density at radius 1 is 1.29 bits per heavy atom. The van der Waals surface area contributed by atoms with Crippen molar-refractivity contribution in [2.45, 2.75) is 57.5 Å². The van der Waals surface area contributed by atoms with Gasteiger partial charge in [-0.1, -0.05) is 25.3 Å². The van der Waals surface area contributed by atoms with Crippen molar-refractivity contribution in [3.63, 3.8) is 0 Å². The van der Waals surface area contributed by atoms with E-state index in [1.54, 1.807) is 0 Å². The molecule has 0 aromatic heterocycles. The van der Waals surface area contributed by atoms with Crippen LogP contribution in [0.1, 0.15) is 51.4 Å². The number of rotatable bonds is 2. The lowest BCUT2D eigenvalue weighted by Gasteiger charge is -2.17. The first kappa shape index (κ1) is 11.3. The summed E-state index contributed by atoms with van der Waals surface area (Å²) < 4.78 is 5.36. The summed E-state index contributed by atoms with van der Waals surface area (Å²) >= 11 is 0. The van der Waals surface area contributed by atoms with Gasteiger partial charge in [-0.15, -0.1) is 6.58 Å². The van der Waals surface area contributed by atoms with E-state index in [1.165, 1.54) is 25.7 Å². The van der Waals surface area contributed by atoms with E-state index in [1.807, 2.05) is 6.08 Å². The molecule has 2 heteroatoms. The van der Waals surface area contributed by atoms with Crippen LogP contribution in [-0.4, -0.2) is 12.1 Å². The van der Waals surface area contributed by atoms with Crippen molar-refractivity contribution in [2.24, 2.45) is 0 Å². The predicted molar refractivity (Wildman–Crippen MR) is 57.0 cm³/mol. The SMILES string of the molecule is C=CCC1CCCCCCCC(=O)O1. The number of ether oxygens (including phenoxy) is 1. The molecule has 0 aliphatic carbocycles. The molecule has 0 bridgehead atoms. The highest BCUT2D eigenvalue weighted by molar-refractivity contribution is 5.69. The van der Waals surface area contributed by atoms with Crippen molar-refractivity contribution in [3.8, 4) is 0 Å². The molecule has 2 nitrogen and oxygen atoms in total. The fourth-order valence-electron chi connectivity index (χ4n) is 1.83. The highest BCUT2D eigenvalue weighted by Gasteiger charge is 2.13. The van der Waals surface area contributed by atoms with Gasteiger partial charge < -0.3 is 4.74 Å². The van der Waals surface area contributed by atoms with Gasteiger partial charge in [-0.2, -0.15) is 0 Å². The van der Waals surface area contributed by atoms with E-state index in [9.17, 15) is 4.79 Å². The minimum absolute atomic E-state index is 0.0289. The maximum absolute atomic E-state index is 11.3. The third kappa shape index (κ3) is 4.45. The fraction of sp³-hybridized carbons (Fsp3) is 0.750. The monoisotopic (exact) mass is 196 g/mol. The number of esters is 1. The average Bonchev–Trinajstić information content (AvgIpc) is 2.17. The molecule has 0 saturated carbocycles. The van der Waals surface area contributed by atoms with Crippen LogP contribution in [0.3, 0.4) is 0 Å². The van der Waals surface area contributed by atoms with Crippen LogP contribution >= 0.6 is 0 Å². The molecule has 1 aliphatic rings. The van der Waals surface area contributed by atoms with Gasteiger partial charge in [0.05, 0.1) is 0 Å². The normalized spacial score (nSPS) is 25.1. The van der Waals surface area contributed by atoms with E-state index in [0.717, 1.165) is 19.3 Å². The van der Waals surface area contributed by atoms with Crippen molar-refractivity contribution < 1.29 is 9.53 Å². The Hall–Kier alpha value is -0.790. The van der Waals surface area contributed by atoms with Gasteiger partial charge in [-0.25, -0.2) is 0 Å². The molecule has 0 aromatic rings. The van der Waals surface area contributed by atoms with E-state index < -0.39 is 0 Å². The summed E-state index contributed by atoms with van der Waals surface area (Å²) in [6.07, 6.45) is 10.2. The lowest BCUT2D eigenvalue weighted by Crippen LogP contribution is -2.18. The molecule has 14 heavy (non-hydrogen) atoms. The van der Waals surface area contributed by atoms with E-state index >= 15 is 0 Å². The Bertz CT molecular complexity index is 187. The Morgan fingerprint density at radius 2 is 2.00 bits per heavy atom. The average molecular weight is 196 g/mol. The van der Waals surface area contributed by atoms with Gasteiger partial charge >= 0.3 is 5.97 Å². The summed E-state index contributed by atoms with van der Waals surface area (Å²) in [4.78, 5) is 11.3. The molecule has 1 unspecified atom stereocenters. The molecule has 0 radical (unpaired) electrons. The molecule has 1 heterocycles. The highest BCUT2D eigenvalue weighted by Crippen LogP contribution is 2.16. The van der Waals surface area contributed by atoms with Crippen LogP contribution in [0.5, 0.6) is 0 Å². The molecule has 0 spiro atoms. The third-order valence-electron chi connectivity index (χ3n) is 2.63. The van der Waals surface area contributed by atoms with E-state index in [4.69, 9.17) is 4.74 Å². The summed E-state index contributed by atoms with van der Waals surface area (Å²) in [5.74, 6) is -0.0289. The van der Waals surface area contributed by atoms with Crippen molar-refractivity contribution in [2.75, 3.05) is 0 Å². The molecular formula is C12H20O2. The highest BCUT2D eigenvalue weighted by atomic mass is 16.5. The molecule has 0 aromatic carbocycles. The third-order valence-corrected chi connectivity index (χ3v) is 2.63. The second kappa shape index (κ2) is 6.63. The van der Waals surface area contributed by atoms with Gasteiger partial charge in [0.2, 0.25) is 0 Å². The standard InChI is InChI=1S/C12H20O2/c1-2-8-11-9-6-4-3-5-7-10-12(13)14-11/h2,11H,1,3-10H2. The van der Waals surface area contributed by atoms with Gasteiger partial charge in [0.25, 0.3) is 0 Å². The zero-order valence-electron chi connectivity index (χ0n) is 8.84. The zero-order valence-corrected chi connectivity index (χ0v) is 8.84. The number of cyclic esters (lactones) is 1. The Labute approximate surface area is 86.3 Å². The second-order valence-corrected chi connectivity index (χ2v) is 3.94. The van der Waals surface area contributed by atoms with Gasteiger partial charge in [-0.3, -0.25) is 4.79 Å². The number of carbonyl (C=O) groups excluding carboxylic acids is 1. The summed E-state index contributed by atoms with van der Waals surface area (Å²) in [7, 11) is 0. The molecule has 1 atom stereocenters. The second-order valence-electron chi connectivity index (χ2n) is 3.94. The van der Waals surface area contributed by atoms with E-state index in [0.29, 0.717) is 6.42 Å². The summed E-state index contributed by atoms with van der Waals surface area (Å²) in [6, 6.07) is 0. The van der Waals surface area contributed by atoms with Crippen LogP contribution in [0, 0.1) is 0 Å². The lowest BCUT2D eigenvalue weighted by molar-refractivity contribution is -0.149. The lowest BCUT2D eigenvalue weighted by atomic mass is 10.0. The van der Waals surface area contributed by atoms with Crippen molar-refractivity contribution in [1.29, 1.82) is 0 Å². The molecule has 0 amide bonds. The van der Waals surface area contributed by atoms with Crippen LogP contribution < -0.4 is 0 Å². The first-order valence-electron chi connectivity index (χ1n) is 5.63. The first-order chi connectivity index (χ1) is 6.83. The Balaban J connectivity index is 2.38.